The second-order valence-corrected chi connectivity index (χ2v) is 10.0. The van der Waals surface area contributed by atoms with Gasteiger partial charge in [-0.05, 0) is 18.2 Å². The van der Waals surface area contributed by atoms with Gasteiger partial charge in [-0.25, -0.2) is 8.42 Å². The zero-order valence-corrected chi connectivity index (χ0v) is 14.9. The maximum atomic E-state index is 12.5. The van der Waals surface area contributed by atoms with Crippen LogP contribution in [0.5, 0.6) is 5.75 Å². The van der Waals surface area contributed by atoms with Crippen molar-refractivity contribution >= 4 is 33.2 Å². The van der Waals surface area contributed by atoms with Crippen molar-refractivity contribution in [2.24, 2.45) is 0 Å². The second kappa shape index (κ2) is 6.12. The molecule has 0 bridgehead atoms. The number of carbonyl (C=O) groups excluding carboxylic acids is 1. The molecule has 122 valence electrons. The fourth-order valence-corrected chi connectivity index (χ4v) is 3.40. The molecule has 1 amide bonds. The van der Waals surface area contributed by atoms with Crippen molar-refractivity contribution in [2.45, 2.75) is 30.4 Å². The Kier molecular flexibility index (Phi) is 4.77. The quantitative estimate of drug-likeness (QED) is 0.843. The van der Waals surface area contributed by atoms with E-state index in [0.29, 0.717) is 30.3 Å². The molecule has 22 heavy (non-hydrogen) atoms. The van der Waals surface area contributed by atoms with E-state index in [-0.39, 0.29) is 15.5 Å². The van der Waals surface area contributed by atoms with Crippen molar-refractivity contribution < 1.29 is 17.9 Å². The summed E-state index contributed by atoms with van der Waals surface area (Å²) in [6.45, 7) is 7.01. The monoisotopic (exact) mass is 343 g/mol. The van der Waals surface area contributed by atoms with Crippen LogP contribution in [0.25, 0.3) is 0 Å². The summed E-state index contributed by atoms with van der Waals surface area (Å²) >= 11 is 1.57. The lowest BCUT2D eigenvalue weighted by molar-refractivity contribution is -0.116. The Balaban J connectivity index is 2.29. The van der Waals surface area contributed by atoms with Crippen molar-refractivity contribution in [1.82, 2.24) is 0 Å². The predicted octanol–water partition coefficient (Wildman–Crippen LogP) is 2.35. The molecule has 0 aromatic heterocycles. The third kappa shape index (κ3) is 4.16. The standard InChI is InChI=1S/C15H21NO4S2/c1-15(2,3)21-10-14(17)16-7-8-20-13-6-5-11(9-12(13)16)22(4,18)19/h5-6,9H,7-8,10H2,1-4H3. The average molecular weight is 343 g/mol. The number of hydrogen-bond acceptors (Lipinski definition) is 5. The van der Waals surface area contributed by atoms with Crippen molar-refractivity contribution in [3.8, 4) is 5.75 Å². The van der Waals surface area contributed by atoms with E-state index in [1.54, 1.807) is 22.7 Å². The minimum absolute atomic E-state index is 0.000612. The SMILES string of the molecule is CC(C)(C)SCC(=O)N1CCOc2ccc(S(C)(=O)=O)cc21. The predicted molar refractivity (Wildman–Crippen MR) is 89.6 cm³/mol. The first-order valence-corrected chi connectivity index (χ1v) is 9.87. The lowest BCUT2D eigenvalue weighted by Crippen LogP contribution is -2.39. The van der Waals surface area contributed by atoms with E-state index in [2.05, 4.69) is 20.8 Å². The van der Waals surface area contributed by atoms with Gasteiger partial charge in [0.1, 0.15) is 12.4 Å². The number of thioether (sulfide) groups is 1. The molecule has 7 heteroatoms. The number of rotatable bonds is 3. The molecular weight excluding hydrogens is 322 g/mol. The third-order valence-electron chi connectivity index (χ3n) is 3.15. The summed E-state index contributed by atoms with van der Waals surface area (Å²) in [4.78, 5) is 14.3. The van der Waals surface area contributed by atoms with E-state index >= 15 is 0 Å². The summed E-state index contributed by atoms with van der Waals surface area (Å²) in [7, 11) is -3.32. The lowest BCUT2D eigenvalue weighted by atomic mass is 10.2. The van der Waals surface area contributed by atoms with Crippen LogP contribution in [-0.2, 0) is 14.6 Å². The Labute approximate surface area is 135 Å². The Morgan fingerprint density at radius 2 is 2.05 bits per heavy atom. The molecule has 0 aliphatic carbocycles. The van der Waals surface area contributed by atoms with E-state index in [1.165, 1.54) is 12.1 Å². The number of nitrogens with zero attached hydrogens (tertiary/aromatic N) is 1. The van der Waals surface area contributed by atoms with E-state index < -0.39 is 9.84 Å². The second-order valence-electron chi connectivity index (χ2n) is 6.20. The highest BCUT2D eigenvalue weighted by Gasteiger charge is 2.26. The largest absolute Gasteiger partial charge is 0.490 e. The van der Waals surface area contributed by atoms with Crippen LogP contribution in [0, 0.1) is 0 Å². The van der Waals surface area contributed by atoms with Gasteiger partial charge in [0.25, 0.3) is 0 Å². The van der Waals surface area contributed by atoms with E-state index in [1.807, 2.05) is 0 Å². The number of ether oxygens (including phenoxy) is 1. The summed E-state index contributed by atoms with van der Waals surface area (Å²) in [5.41, 5.74) is 0.536. The zero-order valence-electron chi connectivity index (χ0n) is 13.3. The fourth-order valence-electron chi connectivity index (χ4n) is 2.04. The van der Waals surface area contributed by atoms with Gasteiger partial charge in [0.05, 0.1) is 22.9 Å². The van der Waals surface area contributed by atoms with Crippen LogP contribution >= 0.6 is 11.8 Å². The molecule has 0 N–H and O–H groups in total. The van der Waals surface area contributed by atoms with Gasteiger partial charge in [-0.15, -0.1) is 11.8 Å². The van der Waals surface area contributed by atoms with Crippen molar-refractivity contribution in [3.63, 3.8) is 0 Å². The summed E-state index contributed by atoms with van der Waals surface area (Å²) in [6, 6.07) is 4.64. The minimum atomic E-state index is -3.32. The molecule has 2 rings (SSSR count). The molecule has 0 saturated carbocycles. The molecular formula is C15H21NO4S2. The van der Waals surface area contributed by atoms with Crippen LogP contribution in [-0.4, -0.2) is 44.2 Å². The number of fused-ring (bicyclic) bond motifs is 1. The molecule has 1 aliphatic rings. The lowest BCUT2D eigenvalue weighted by Gasteiger charge is -2.30. The molecule has 0 spiro atoms. The summed E-state index contributed by atoms with van der Waals surface area (Å²) in [5.74, 6) is 0.870. The Morgan fingerprint density at radius 3 is 2.64 bits per heavy atom. The molecule has 0 radical (unpaired) electrons. The molecule has 0 unspecified atom stereocenters. The Hall–Kier alpha value is -1.21. The van der Waals surface area contributed by atoms with Gasteiger partial charge in [-0.2, -0.15) is 0 Å². The van der Waals surface area contributed by atoms with Crippen LogP contribution in [0.4, 0.5) is 5.69 Å². The highest BCUT2D eigenvalue weighted by molar-refractivity contribution is 8.01. The van der Waals surface area contributed by atoms with Crippen LogP contribution in [0.3, 0.4) is 0 Å². The van der Waals surface area contributed by atoms with E-state index in [9.17, 15) is 13.2 Å². The molecule has 5 nitrogen and oxygen atoms in total. The van der Waals surface area contributed by atoms with Gasteiger partial charge in [0.2, 0.25) is 5.91 Å². The molecule has 1 heterocycles. The van der Waals surface area contributed by atoms with Crippen molar-refractivity contribution in [3.05, 3.63) is 18.2 Å². The highest BCUT2D eigenvalue weighted by atomic mass is 32.2. The summed E-state index contributed by atoms with van der Waals surface area (Å²) < 4.78 is 28.9. The van der Waals surface area contributed by atoms with Crippen molar-refractivity contribution in [2.75, 3.05) is 30.1 Å². The van der Waals surface area contributed by atoms with Crippen LogP contribution in [0.1, 0.15) is 20.8 Å². The number of carbonyl (C=O) groups is 1. The molecule has 0 saturated heterocycles. The van der Waals surface area contributed by atoms with Gasteiger partial charge < -0.3 is 9.64 Å². The average Bonchev–Trinajstić information content (AvgIpc) is 2.41. The van der Waals surface area contributed by atoms with Gasteiger partial charge in [0, 0.05) is 11.0 Å². The van der Waals surface area contributed by atoms with Gasteiger partial charge in [-0.3, -0.25) is 4.79 Å². The fraction of sp³-hybridized carbons (Fsp3) is 0.533. The zero-order chi connectivity index (χ0) is 16.5. The van der Waals surface area contributed by atoms with Crippen molar-refractivity contribution in [1.29, 1.82) is 0 Å². The first-order chi connectivity index (χ1) is 10.1. The normalized spacial score (nSPS) is 15.2. The van der Waals surface area contributed by atoms with Gasteiger partial charge in [-0.1, -0.05) is 20.8 Å². The molecule has 0 atom stereocenters. The van der Waals surface area contributed by atoms with Gasteiger partial charge >= 0.3 is 0 Å². The molecule has 1 aromatic carbocycles. The minimum Gasteiger partial charge on any atom is -0.490 e. The van der Waals surface area contributed by atoms with Gasteiger partial charge in [0.15, 0.2) is 9.84 Å². The maximum absolute atomic E-state index is 12.5. The number of benzene rings is 1. The van der Waals surface area contributed by atoms with Crippen LogP contribution < -0.4 is 9.64 Å². The Morgan fingerprint density at radius 1 is 1.36 bits per heavy atom. The van der Waals surface area contributed by atoms with E-state index in [0.717, 1.165) is 6.26 Å². The summed E-state index contributed by atoms with van der Waals surface area (Å²) in [5, 5.41) is 0. The first kappa shape index (κ1) is 17.1. The molecule has 0 fully saturated rings. The third-order valence-corrected chi connectivity index (χ3v) is 5.52. The van der Waals surface area contributed by atoms with Crippen LogP contribution in [0.15, 0.2) is 23.1 Å². The topological polar surface area (TPSA) is 63.7 Å². The van der Waals surface area contributed by atoms with Crippen LogP contribution in [0.2, 0.25) is 0 Å². The smallest absolute Gasteiger partial charge is 0.237 e. The number of hydrogen-bond donors (Lipinski definition) is 0. The number of amides is 1. The summed E-state index contributed by atoms with van der Waals surface area (Å²) in [6.07, 6.45) is 1.15. The maximum Gasteiger partial charge on any atom is 0.237 e. The highest BCUT2D eigenvalue weighted by Crippen LogP contribution is 2.34. The van der Waals surface area contributed by atoms with E-state index in [4.69, 9.17) is 4.74 Å². The molecule has 1 aliphatic heterocycles. The molecule has 1 aromatic rings. The Bertz CT molecular complexity index is 677. The first-order valence-electron chi connectivity index (χ1n) is 6.99. The number of anilines is 1. The number of sulfone groups is 1.